The third kappa shape index (κ3) is 2.42. The van der Waals surface area contributed by atoms with Gasteiger partial charge in [-0.05, 0) is 18.2 Å². The van der Waals surface area contributed by atoms with Crippen LogP contribution in [-0.2, 0) is 10.0 Å². The molecule has 0 unspecified atom stereocenters. The maximum Gasteiger partial charge on any atom is 0.263 e. The molecule has 0 bridgehead atoms. The smallest absolute Gasteiger partial charge is 0.263 e. The number of rotatable bonds is 3. The molecule has 84 valence electrons. The van der Waals surface area contributed by atoms with Crippen molar-refractivity contribution in [3.05, 3.63) is 41.1 Å². The summed E-state index contributed by atoms with van der Waals surface area (Å²) in [4.78, 5) is 0.157. The third-order valence-electron chi connectivity index (χ3n) is 1.78. The molecule has 0 aliphatic rings. The third-order valence-corrected chi connectivity index (χ3v) is 3.63. The standard InChI is InChI=1S/C9H7BrN2O3S/c10-7-2-1-3-8(6-7)16(13,14)12-9-4-5-15-11-9/h1-6H,(H,11,12). The molecule has 0 atom stereocenters. The average molecular weight is 303 g/mol. The molecule has 0 fully saturated rings. The fraction of sp³-hybridized carbons (Fsp3) is 0. The van der Waals surface area contributed by atoms with Crippen LogP contribution in [0, 0.1) is 0 Å². The monoisotopic (exact) mass is 302 g/mol. The van der Waals surface area contributed by atoms with E-state index in [1.165, 1.54) is 24.5 Å². The first-order valence-corrected chi connectivity index (χ1v) is 6.54. The summed E-state index contributed by atoms with van der Waals surface area (Å²) in [5.41, 5.74) is 0. The number of aromatic nitrogens is 1. The zero-order valence-corrected chi connectivity index (χ0v) is 10.3. The molecule has 2 rings (SSSR count). The van der Waals surface area contributed by atoms with Crippen molar-refractivity contribution < 1.29 is 12.9 Å². The molecule has 16 heavy (non-hydrogen) atoms. The van der Waals surface area contributed by atoms with Crippen molar-refractivity contribution in [1.82, 2.24) is 5.16 Å². The molecule has 0 radical (unpaired) electrons. The summed E-state index contributed by atoms with van der Waals surface area (Å²) in [6.07, 6.45) is 1.29. The average Bonchev–Trinajstić information content (AvgIpc) is 2.70. The molecule has 1 heterocycles. The number of hydrogen-bond acceptors (Lipinski definition) is 4. The number of nitrogens with one attached hydrogen (secondary N) is 1. The van der Waals surface area contributed by atoms with Crippen molar-refractivity contribution >= 4 is 31.8 Å². The van der Waals surface area contributed by atoms with Crippen LogP contribution in [0.4, 0.5) is 5.82 Å². The first-order valence-electron chi connectivity index (χ1n) is 4.27. The summed E-state index contributed by atoms with van der Waals surface area (Å²) < 4.78 is 31.2. The van der Waals surface area contributed by atoms with Gasteiger partial charge in [0.25, 0.3) is 10.0 Å². The van der Waals surface area contributed by atoms with E-state index < -0.39 is 10.0 Å². The molecule has 0 amide bonds. The second kappa shape index (κ2) is 4.26. The van der Waals surface area contributed by atoms with Crippen LogP contribution in [0.3, 0.4) is 0 Å². The van der Waals surface area contributed by atoms with Gasteiger partial charge in [0.1, 0.15) is 6.26 Å². The van der Waals surface area contributed by atoms with Gasteiger partial charge in [-0.25, -0.2) is 8.42 Å². The van der Waals surface area contributed by atoms with E-state index in [2.05, 4.69) is 30.3 Å². The van der Waals surface area contributed by atoms with Crippen molar-refractivity contribution in [1.29, 1.82) is 0 Å². The van der Waals surface area contributed by atoms with Gasteiger partial charge in [-0.2, -0.15) is 0 Å². The second-order valence-electron chi connectivity index (χ2n) is 2.95. The lowest BCUT2D eigenvalue weighted by atomic mass is 10.4. The van der Waals surface area contributed by atoms with Gasteiger partial charge in [-0.15, -0.1) is 0 Å². The number of nitrogens with zero attached hydrogens (tertiary/aromatic N) is 1. The lowest BCUT2D eigenvalue weighted by Gasteiger charge is -2.04. The maximum atomic E-state index is 11.8. The van der Waals surface area contributed by atoms with Gasteiger partial charge >= 0.3 is 0 Å². The Hall–Kier alpha value is -1.34. The SMILES string of the molecule is O=S(=O)(Nc1ccon1)c1cccc(Br)c1. The Bertz CT molecular complexity index is 581. The summed E-state index contributed by atoms with van der Waals surface area (Å²) in [5.74, 6) is 0.153. The lowest BCUT2D eigenvalue weighted by Crippen LogP contribution is -2.12. The summed E-state index contributed by atoms with van der Waals surface area (Å²) in [6.45, 7) is 0. The van der Waals surface area contributed by atoms with E-state index in [1.54, 1.807) is 12.1 Å². The summed E-state index contributed by atoms with van der Waals surface area (Å²) in [7, 11) is -3.61. The van der Waals surface area contributed by atoms with Crippen LogP contribution < -0.4 is 4.72 Å². The van der Waals surface area contributed by atoms with Gasteiger partial charge in [-0.3, -0.25) is 4.72 Å². The molecule has 2 aromatic rings. The van der Waals surface area contributed by atoms with Crippen LogP contribution in [0.25, 0.3) is 0 Å². The summed E-state index contributed by atoms with van der Waals surface area (Å²) in [5, 5.41) is 3.47. The lowest BCUT2D eigenvalue weighted by molar-refractivity contribution is 0.423. The molecule has 0 saturated heterocycles. The second-order valence-corrected chi connectivity index (χ2v) is 5.55. The molecule has 0 spiro atoms. The molecule has 1 aromatic carbocycles. The highest BCUT2D eigenvalue weighted by molar-refractivity contribution is 9.10. The largest absolute Gasteiger partial charge is 0.363 e. The quantitative estimate of drug-likeness (QED) is 0.944. The van der Waals surface area contributed by atoms with Crippen LogP contribution in [0.5, 0.6) is 0 Å². The Kier molecular flexibility index (Phi) is 2.97. The molecule has 1 aromatic heterocycles. The number of sulfonamides is 1. The van der Waals surface area contributed by atoms with Crippen molar-refractivity contribution in [3.63, 3.8) is 0 Å². The Labute approximate surface area is 101 Å². The van der Waals surface area contributed by atoms with Crippen LogP contribution >= 0.6 is 15.9 Å². The molecule has 0 saturated carbocycles. The molecule has 7 heteroatoms. The van der Waals surface area contributed by atoms with E-state index in [1.807, 2.05) is 0 Å². The topological polar surface area (TPSA) is 72.2 Å². The number of hydrogen-bond donors (Lipinski definition) is 1. The van der Waals surface area contributed by atoms with Crippen LogP contribution in [-0.4, -0.2) is 13.6 Å². The van der Waals surface area contributed by atoms with Gasteiger partial charge in [0, 0.05) is 10.5 Å². The van der Waals surface area contributed by atoms with E-state index in [4.69, 9.17) is 0 Å². The Morgan fingerprint density at radius 1 is 1.31 bits per heavy atom. The molecule has 0 aliphatic heterocycles. The number of halogens is 1. The summed E-state index contributed by atoms with van der Waals surface area (Å²) >= 11 is 3.21. The minimum absolute atomic E-state index is 0.153. The first-order chi connectivity index (χ1) is 7.58. The van der Waals surface area contributed by atoms with Crippen molar-refractivity contribution in [3.8, 4) is 0 Å². The Morgan fingerprint density at radius 3 is 2.75 bits per heavy atom. The first kappa shape index (κ1) is 11.2. The van der Waals surface area contributed by atoms with E-state index in [0.717, 1.165) is 0 Å². The van der Waals surface area contributed by atoms with Crippen molar-refractivity contribution in [2.24, 2.45) is 0 Å². The fourth-order valence-corrected chi connectivity index (χ4v) is 2.69. The van der Waals surface area contributed by atoms with Gasteiger partial charge in [0.15, 0.2) is 5.82 Å². The van der Waals surface area contributed by atoms with Crippen LogP contribution in [0.1, 0.15) is 0 Å². The minimum atomic E-state index is -3.61. The maximum absolute atomic E-state index is 11.8. The highest BCUT2D eigenvalue weighted by atomic mass is 79.9. The van der Waals surface area contributed by atoms with Gasteiger partial charge in [0.05, 0.1) is 4.90 Å². The fourth-order valence-electron chi connectivity index (χ4n) is 1.10. The zero-order valence-electron chi connectivity index (χ0n) is 7.92. The number of benzene rings is 1. The van der Waals surface area contributed by atoms with E-state index in [-0.39, 0.29) is 10.7 Å². The predicted molar refractivity (Wildman–Crippen MR) is 61.5 cm³/mol. The highest BCUT2D eigenvalue weighted by Crippen LogP contribution is 2.18. The predicted octanol–water partition coefficient (Wildman–Crippen LogP) is 2.24. The van der Waals surface area contributed by atoms with Gasteiger partial charge in [-0.1, -0.05) is 27.2 Å². The molecular weight excluding hydrogens is 296 g/mol. The highest BCUT2D eigenvalue weighted by Gasteiger charge is 2.15. The van der Waals surface area contributed by atoms with E-state index >= 15 is 0 Å². The molecular formula is C9H7BrN2O3S. The molecule has 5 nitrogen and oxygen atoms in total. The summed E-state index contributed by atoms with van der Waals surface area (Å²) in [6, 6.07) is 7.81. The van der Waals surface area contributed by atoms with E-state index in [9.17, 15) is 8.42 Å². The van der Waals surface area contributed by atoms with E-state index in [0.29, 0.717) is 4.47 Å². The van der Waals surface area contributed by atoms with Crippen molar-refractivity contribution in [2.45, 2.75) is 4.90 Å². The molecule has 0 aliphatic carbocycles. The minimum Gasteiger partial charge on any atom is -0.363 e. The number of anilines is 1. The Balaban J connectivity index is 2.33. The van der Waals surface area contributed by atoms with Gasteiger partial charge in [0.2, 0.25) is 0 Å². The van der Waals surface area contributed by atoms with Crippen LogP contribution in [0.2, 0.25) is 0 Å². The normalized spacial score (nSPS) is 11.3. The van der Waals surface area contributed by atoms with Crippen molar-refractivity contribution in [2.75, 3.05) is 4.72 Å². The van der Waals surface area contributed by atoms with Gasteiger partial charge < -0.3 is 4.52 Å². The zero-order chi connectivity index (χ0) is 11.6. The Morgan fingerprint density at radius 2 is 2.12 bits per heavy atom. The van der Waals surface area contributed by atoms with Crippen LogP contribution in [0.15, 0.2) is 50.5 Å². The molecule has 1 N–H and O–H groups in total.